The van der Waals surface area contributed by atoms with Crippen molar-refractivity contribution in [1.29, 1.82) is 0 Å². The van der Waals surface area contributed by atoms with Crippen LogP contribution in [0.3, 0.4) is 0 Å². The molecular weight excluding hydrogens is 426 g/mol. The van der Waals surface area contributed by atoms with Gasteiger partial charge in [0.15, 0.2) is 5.60 Å². The average Bonchev–Trinajstić information content (AvgIpc) is 3.23. The summed E-state index contributed by atoms with van der Waals surface area (Å²) in [5.74, 6) is -3.34. The molecule has 0 aromatic carbocycles. The second-order valence-electron chi connectivity index (χ2n) is 7.53. The Labute approximate surface area is 182 Å². The molecule has 0 spiro atoms. The van der Waals surface area contributed by atoms with E-state index < -0.39 is 47.4 Å². The number of rotatable bonds is 6. The second kappa shape index (κ2) is 9.73. The molecule has 3 aliphatic rings. The van der Waals surface area contributed by atoms with Gasteiger partial charge in [-0.2, -0.15) is 0 Å². The molecule has 32 heavy (non-hydrogen) atoms. The highest BCUT2D eigenvalue weighted by Crippen LogP contribution is 2.27. The molecule has 12 heteroatoms. The number of allylic oxidation sites excluding steroid dienone is 1. The van der Waals surface area contributed by atoms with E-state index in [0.717, 1.165) is 17.1 Å². The number of amides is 5. The Morgan fingerprint density at radius 3 is 2.41 bits per heavy atom. The van der Waals surface area contributed by atoms with E-state index in [0.29, 0.717) is 5.06 Å². The standard InChI is InChI=1S/C20H23N3O9/c24-14-4-5-15(25)22(14)12-11-21-19(29)31-13-3-1-2-9-20(30,10-8-13)18(28)32-23-16(26)6-7-17(23)27/h1,3-5,13,30H,2,6-12H2,(H,21,29)/b3-1+/t13-,20-/m0/s1. The number of hydroxylamine groups is 2. The van der Waals surface area contributed by atoms with Crippen LogP contribution in [0, 0.1) is 0 Å². The minimum absolute atomic E-state index is 0.00337. The van der Waals surface area contributed by atoms with Crippen molar-refractivity contribution < 1.29 is 43.4 Å². The van der Waals surface area contributed by atoms with Crippen molar-refractivity contribution in [2.75, 3.05) is 13.1 Å². The highest BCUT2D eigenvalue weighted by molar-refractivity contribution is 6.12. The van der Waals surface area contributed by atoms with Gasteiger partial charge in [0.05, 0.1) is 0 Å². The van der Waals surface area contributed by atoms with E-state index in [1.807, 2.05) is 0 Å². The van der Waals surface area contributed by atoms with Crippen LogP contribution < -0.4 is 5.32 Å². The van der Waals surface area contributed by atoms with Gasteiger partial charge in [0, 0.05) is 38.1 Å². The normalized spacial score (nSPS) is 26.7. The maximum absolute atomic E-state index is 12.5. The molecule has 0 unspecified atom stereocenters. The summed E-state index contributed by atoms with van der Waals surface area (Å²) in [6, 6.07) is 0. The first kappa shape index (κ1) is 23.1. The van der Waals surface area contributed by atoms with Gasteiger partial charge in [-0.25, -0.2) is 9.59 Å². The molecule has 172 valence electrons. The summed E-state index contributed by atoms with van der Waals surface area (Å²) >= 11 is 0. The predicted molar refractivity (Wildman–Crippen MR) is 104 cm³/mol. The molecule has 2 aliphatic heterocycles. The lowest BCUT2D eigenvalue weighted by molar-refractivity contribution is -0.212. The number of alkyl carbamates (subject to hydrolysis) is 1. The third-order valence-electron chi connectivity index (χ3n) is 5.24. The molecule has 5 amide bonds. The van der Waals surface area contributed by atoms with Gasteiger partial charge in [-0.1, -0.05) is 6.08 Å². The van der Waals surface area contributed by atoms with Crippen molar-refractivity contribution in [2.45, 2.75) is 50.2 Å². The van der Waals surface area contributed by atoms with Crippen LogP contribution in [0.15, 0.2) is 24.3 Å². The monoisotopic (exact) mass is 449 g/mol. The van der Waals surface area contributed by atoms with Crippen LogP contribution in [-0.4, -0.2) is 75.6 Å². The van der Waals surface area contributed by atoms with Gasteiger partial charge in [-0.05, 0) is 31.8 Å². The van der Waals surface area contributed by atoms with Crippen molar-refractivity contribution in [3.8, 4) is 0 Å². The average molecular weight is 449 g/mol. The highest BCUT2D eigenvalue weighted by Gasteiger charge is 2.42. The van der Waals surface area contributed by atoms with E-state index in [1.54, 1.807) is 12.2 Å². The molecule has 0 aromatic rings. The van der Waals surface area contributed by atoms with E-state index in [9.17, 15) is 33.9 Å². The molecule has 1 aliphatic carbocycles. The zero-order valence-electron chi connectivity index (χ0n) is 17.2. The summed E-state index contributed by atoms with van der Waals surface area (Å²) in [6.07, 6.45) is 4.06. The number of carbonyl (C=O) groups is 6. The molecule has 0 radical (unpaired) electrons. The van der Waals surface area contributed by atoms with Gasteiger partial charge in [-0.15, -0.1) is 5.06 Å². The Balaban J connectivity index is 1.48. The summed E-state index contributed by atoms with van der Waals surface area (Å²) in [6.45, 7) is -0.0254. The SMILES string of the molecule is O=C(NCCN1C(=O)C=CC1=O)O[C@H]1/C=C/CC[C@@](O)(C(=O)ON2C(=O)CCC2=O)CC1. The number of carbonyl (C=O) groups excluding carboxylic acids is 6. The molecule has 3 rings (SSSR count). The van der Waals surface area contributed by atoms with Crippen molar-refractivity contribution in [3.63, 3.8) is 0 Å². The molecule has 0 aromatic heterocycles. The molecule has 2 heterocycles. The van der Waals surface area contributed by atoms with Crippen LogP contribution in [0.2, 0.25) is 0 Å². The number of nitrogens with one attached hydrogen (secondary N) is 1. The Morgan fingerprint density at radius 1 is 1.09 bits per heavy atom. The fourth-order valence-electron chi connectivity index (χ4n) is 3.40. The Kier molecular flexibility index (Phi) is 7.03. The van der Waals surface area contributed by atoms with Gasteiger partial charge >= 0.3 is 12.1 Å². The molecule has 12 nitrogen and oxygen atoms in total. The van der Waals surface area contributed by atoms with Gasteiger partial charge < -0.3 is 20.0 Å². The van der Waals surface area contributed by atoms with Crippen LogP contribution in [0.1, 0.15) is 38.5 Å². The summed E-state index contributed by atoms with van der Waals surface area (Å²) in [5.41, 5.74) is -1.96. The summed E-state index contributed by atoms with van der Waals surface area (Å²) < 4.78 is 5.26. The lowest BCUT2D eigenvalue weighted by Crippen LogP contribution is -2.46. The number of nitrogens with zero attached hydrogens (tertiary/aromatic N) is 2. The number of imide groups is 2. The largest absolute Gasteiger partial charge is 0.442 e. The predicted octanol–water partition coefficient (Wildman–Crippen LogP) is -0.525. The van der Waals surface area contributed by atoms with Crippen LogP contribution in [0.25, 0.3) is 0 Å². The zero-order chi connectivity index (χ0) is 23.3. The Hall–Kier alpha value is -3.54. The van der Waals surface area contributed by atoms with E-state index in [1.165, 1.54) is 0 Å². The summed E-state index contributed by atoms with van der Waals surface area (Å²) in [4.78, 5) is 76.5. The van der Waals surface area contributed by atoms with E-state index >= 15 is 0 Å². The molecule has 2 N–H and O–H groups in total. The van der Waals surface area contributed by atoms with Crippen LogP contribution in [0.5, 0.6) is 0 Å². The smallest absolute Gasteiger partial charge is 0.407 e. The molecule has 1 saturated heterocycles. The first-order valence-electron chi connectivity index (χ1n) is 10.1. The van der Waals surface area contributed by atoms with Crippen molar-refractivity contribution in [3.05, 3.63) is 24.3 Å². The van der Waals surface area contributed by atoms with Gasteiger partial charge in [0.2, 0.25) is 0 Å². The van der Waals surface area contributed by atoms with Crippen molar-refractivity contribution in [1.82, 2.24) is 15.3 Å². The molecular formula is C20H23N3O9. The maximum atomic E-state index is 12.5. The van der Waals surface area contributed by atoms with E-state index in [2.05, 4.69) is 5.32 Å². The van der Waals surface area contributed by atoms with E-state index in [-0.39, 0.29) is 51.6 Å². The Morgan fingerprint density at radius 2 is 1.75 bits per heavy atom. The molecule has 0 saturated carbocycles. The molecule has 0 bridgehead atoms. The number of hydrogen-bond donors (Lipinski definition) is 2. The third kappa shape index (κ3) is 5.38. The first-order chi connectivity index (χ1) is 15.2. The lowest BCUT2D eigenvalue weighted by Gasteiger charge is -2.29. The number of hydrogen-bond acceptors (Lipinski definition) is 9. The Bertz CT molecular complexity index is 863. The molecule has 2 atom stereocenters. The second-order valence-corrected chi connectivity index (χ2v) is 7.53. The van der Waals surface area contributed by atoms with Gasteiger partial charge in [0.25, 0.3) is 23.6 Å². The fraction of sp³-hybridized carbons (Fsp3) is 0.500. The minimum Gasteiger partial charge on any atom is -0.442 e. The molecule has 1 fully saturated rings. The quantitative estimate of drug-likeness (QED) is 0.401. The minimum atomic E-state index is -1.96. The van der Waals surface area contributed by atoms with Gasteiger partial charge in [-0.3, -0.25) is 24.1 Å². The fourth-order valence-corrected chi connectivity index (χ4v) is 3.40. The van der Waals surface area contributed by atoms with Crippen molar-refractivity contribution in [2.24, 2.45) is 0 Å². The highest BCUT2D eigenvalue weighted by atomic mass is 16.7. The third-order valence-corrected chi connectivity index (χ3v) is 5.24. The first-order valence-corrected chi connectivity index (χ1v) is 10.1. The number of ether oxygens (including phenoxy) is 1. The summed E-state index contributed by atoms with van der Waals surface area (Å²) in [5, 5.41) is 13.6. The topological polar surface area (TPSA) is 160 Å². The number of aliphatic hydroxyl groups is 1. The van der Waals surface area contributed by atoms with Crippen LogP contribution >= 0.6 is 0 Å². The lowest BCUT2D eigenvalue weighted by atomic mass is 9.88. The van der Waals surface area contributed by atoms with Crippen LogP contribution in [0.4, 0.5) is 4.79 Å². The van der Waals surface area contributed by atoms with Crippen molar-refractivity contribution >= 4 is 35.7 Å². The van der Waals surface area contributed by atoms with Gasteiger partial charge in [0.1, 0.15) is 6.10 Å². The maximum Gasteiger partial charge on any atom is 0.407 e. The van der Waals surface area contributed by atoms with Crippen LogP contribution in [-0.2, 0) is 33.5 Å². The zero-order valence-corrected chi connectivity index (χ0v) is 17.2. The van der Waals surface area contributed by atoms with E-state index in [4.69, 9.17) is 9.57 Å². The summed E-state index contributed by atoms with van der Waals surface area (Å²) in [7, 11) is 0.